The number of hydrogen-bond donors (Lipinski definition) is 1. The van der Waals surface area contributed by atoms with Crippen LogP contribution >= 0.6 is 11.3 Å². The number of carbonyl (C=O) groups excluding carboxylic acids is 2. The molecule has 10 heteroatoms. The van der Waals surface area contributed by atoms with Gasteiger partial charge < -0.3 is 14.6 Å². The monoisotopic (exact) mass is 453 g/mol. The molecule has 0 spiro atoms. The molecular weight excluding hydrogens is 437 g/mol. The van der Waals surface area contributed by atoms with Crippen LogP contribution in [0.2, 0.25) is 0 Å². The topological polar surface area (TPSA) is 102 Å². The van der Waals surface area contributed by atoms with Gasteiger partial charge in [-0.1, -0.05) is 29.5 Å². The molecular formula is C22H16FN3O5S. The quantitative estimate of drug-likeness (QED) is 0.368. The van der Waals surface area contributed by atoms with Gasteiger partial charge in [0.2, 0.25) is 5.13 Å². The number of aliphatic hydroxyl groups is 1. The highest BCUT2D eigenvalue weighted by Gasteiger charge is 2.49. The molecule has 1 aromatic heterocycles. The average molecular weight is 453 g/mol. The standard InChI is InChI=1S/C22H16FN3O5S/c1-11-24-25-22(32-11)26-18(13-4-2-3-5-14(13)23)17(20(28)21(26)29)19(27)12-6-7-15-16(10-12)31-9-8-30-15/h2-7,10,18,27H,8-9H2,1H3/t18-/m0/s1. The highest BCUT2D eigenvalue weighted by Crippen LogP contribution is 2.44. The second-order valence-corrected chi connectivity index (χ2v) is 8.31. The highest BCUT2D eigenvalue weighted by molar-refractivity contribution is 7.15. The number of ketones is 1. The molecule has 0 bridgehead atoms. The van der Waals surface area contributed by atoms with Crippen LogP contribution in [0.15, 0.2) is 48.0 Å². The van der Waals surface area contributed by atoms with Crippen molar-refractivity contribution < 1.29 is 28.6 Å². The molecule has 0 unspecified atom stereocenters. The lowest BCUT2D eigenvalue weighted by Gasteiger charge is -2.23. The van der Waals surface area contributed by atoms with Crippen LogP contribution in [0, 0.1) is 12.7 Å². The van der Waals surface area contributed by atoms with Gasteiger partial charge in [0.15, 0.2) is 11.5 Å². The van der Waals surface area contributed by atoms with Gasteiger partial charge in [-0.25, -0.2) is 4.39 Å². The van der Waals surface area contributed by atoms with Crippen LogP contribution < -0.4 is 14.4 Å². The van der Waals surface area contributed by atoms with Crippen molar-refractivity contribution >= 4 is 33.9 Å². The Morgan fingerprint density at radius 1 is 1.12 bits per heavy atom. The molecule has 2 aliphatic heterocycles. The molecule has 1 atom stereocenters. The summed E-state index contributed by atoms with van der Waals surface area (Å²) in [4.78, 5) is 27.1. The zero-order valence-corrected chi connectivity index (χ0v) is 17.6. The maximum Gasteiger partial charge on any atom is 0.301 e. The summed E-state index contributed by atoms with van der Waals surface area (Å²) in [5, 5.41) is 19.7. The van der Waals surface area contributed by atoms with Crippen LogP contribution in [0.25, 0.3) is 5.76 Å². The molecule has 0 aliphatic carbocycles. The van der Waals surface area contributed by atoms with Crippen molar-refractivity contribution in [2.45, 2.75) is 13.0 Å². The van der Waals surface area contributed by atoms with Gasteiger partial charge in [-0.2, -0.15) is 0 Å². The normalized spacial score (nSPS) is 19.4. The van der Waals surface area contributed by atoms with E-state index >= 15 is 0 Å². The van der Waals surface area contributed by atoms with Gasteiger partial charge >= 0.3 is 5.91 Å². The van der Waals surface area contributed by atoms with Crippen LogP contribution in [-0.2, 0) is 9.59 Å². The number of aromatic nitrogens is 2. The number of nitrogens with zero attached hydrogens (tertiary/aromatic N) is 3. The molecule has 2 aromatic carbocycles. The predicted molar refractivity (Wildman–Crippen MR) is 113 cm³/mol. The van der Waals surface area contributed by atoms with E-state index in [0.29, 0.717) is 29.7 Å². The first-order valence-electron chi connectivity index (χ1n) is 9.71. The van der Waals surface area contributed by atoms with E-state index in [2.05, 4.69) is 10.2 Å². The Bertz CT molecular complexity index is 1290. The van der Waals surface area contributed by atoms with E-state index in [1.807, 2.05) is 0 Å². The zero-order valence-electron chi connectivity index (χ0n) is 16.7. The van der Waals surface area contributed by atoms with E-state index in [1.54, 1.807) is 25.1 Å². The summed E-state index contributed by atoms with van der Waals surface area (Å²) in [6, 6.07) is 9.24. The Balaban J connectivity index is 1.71. The van der Waals surface area contributed by atoms with Gasteiger partial charge in [0.25, 0.3) is 5.78 Å². The van der Waals surface area contributed by atoms with Crippen LogP contribution in [0.5, 0.6) is 11.5 Å². The summed E-state index contributed by atoms with van der Waals surface area (Å²) >= 11 is 1.09. The first kappa shape index (κ1) is 20.1. The van der Waals surface area contributed by atoms with Crippen LogP contribution in [-0.4, -0.2) is 40.2 Å². The summed E-state index contributed by atoms with van der Waals surface area (Å²) in [6.45, 7) is 2.44. The fourth-order valence-electron chi connectivity index (χ4n) is 3.75. The van der Waals surface area contributed by atoms with Gasteiger partial charge in [-0.15, -0.1) is 10.2 Å². The number of carbonyl (C=O) groups is 2. The minimum atomic E-state index is -1.21. The number of aryl methyl sites for hydroxylation is 1. The van der Waals surface area contributed by atoms with E-state index in [4.69, 9.17) is 9.47 Å². The fourth-order valence-corrected chi connectivity index (χ4v) is 4.46. The average Bonchev–Trinajstić information content (AvgIpc) is 3.34. The van der Waals surface area contributed by atoms with Crippen molar-refractivity contribution in [1.82, 2.24) is 10.2 Å². The van der Waals surface area contributed by atoms with Crippen molar-refractivity contribution in [3.05, 3.63) is 70.0 Å². The molecule has 162 valence electrons. The highest BCUT2D eigenvalue weighted by atomic mass is 32.1. The molecule has 1 amide bonds. The van der Waals surface area contributed by atoms with Crippen molar-refractivity contribution in [3.63, 3.8) is 0 Å². The number of hydrogen-bond acceptors (Lipinski definition) is 8. The lowest BCUT2D eigenvalue weighted by atomic mass is 9.95. The SMILES string of the molecule is Cc1nnc(N2C(=O)C(=O)C(=C(O)c3ccc4c(c3)OCCO4)[C@@H]2c2ccccc2F)s1. The summed E-state index contributed by atoms with van der Waals surface area (Å²) < 4.78 is 25.9. The molecule has 1 fully saturated rings. The summed E-state index contributed by atoms with van der Waals surface area (Å²) in [5.41, 5.74) is 0.0466. The number of amides is 1. The van der Waals surface area contributed by atoms with E-state index in [-0.39, 0.29) is 21.8 Å². The number of aliphatic hydroxyl groups excluding tert-OH is 1. The first-order chi connectivity index (χ1) is 15.5. The summed E-state index contributed by atoms with van der Waals surface area (Å²) in [6.07, 6.45) is 0. The van der Waals surface area contributed by atoms with Gasteiger partial charge in [0, 0.05) is 11.1 Å². The second kappa shape index (κ2) is 7.72. The van der Waals surface area contributed by atoms with Crippen molar-refractivity contribution in [2.75, 3.05) is 18.1 Å². The molecule has 32 heavy (non-hydrogen) atoms. The molecule has 8 nitrogen and oxygen atoms in total. The molecule has 3 aromatic rings. The number of anilines is 1. The predicted octanol–water partition coefficient (Wildman–Crippen LogP) is 3.38. The fraction of sp³-hybridized carbons (Fsp3) is 0.182. The van der Waals surface area contributed by atoms with Crippen LogP contribution in [0.3, 0.4) is 0 Å². The van der Waals surface area contributed by atoms with Gasteiger partial charge in [-0.3, -0.25) is 14.5 Å². The molecule has 2 aliphatic rings. The van der Waals surface area contributed by atoms with Crippen molar-refractivity contribution in [1.29, 1.82) is 0 Å². The second-order valence-electron chi connectivity index (χ2n) is 7.15. The molecule has 5 rings (SSSR count). The van der Waals surface area contributed by atoms with E-state index in [1.165, 1.54) is 24.3 Å². The lowest BCUT2D eigenvalue weighted by Crippen LogP contribution is -2.29. The Morgan fingerprint density at radius 3 is 2.59 bits per heavy atom. The number of rotatable bonds is 3. The molecule has 3 heterocycles. The van der Waals surface area contributed by atoms with Crippen molar-refractivity contribution in [3.8, 4) is 11.5 Å². The molecule has 0 saturated carbocycles. The summed E-state index contributed by atoms with van der Waals surface area (Å²) in [7, 11) is 0. The van der Waals surface area contributed by atoms with Crippen LogP contribution in [0.1, 0.15) is 22.2 Å². The third-order valence-electron chi connectivity index (χ3n) is 5.18. The maximum atomic E-state index is 14.8. The maximum absolute atomic E-state index is 14.8. The van der Waals surface area contributed by atoms with Crippen LogP contribution in [0.4, 0.5) is 9.52 Å². The van der Waals surface area contributed by atoms with E-state index in [9.17, 15) is 19.1 Å². The Kier molecular flexibility index (Phi) is 4.86. The van der Waals surface area contributed by atoms with E-state index in [0.717, 1.165) is 16.2 Å². The Hall–Kier alpha value is -3.79. The number of Topliss-reactive ketones (excluding diaryl/α,β-unsaturated/α-hetero) is 1. The van der Waals surface area contributed by atoms with Gasteiger partial charge in [0.05, 0.1) is 5.57 Å². The number of ether oxygens (including phenoxy) is 2. The summed E-state index contributed by atoms with van der Waals surface area (Å²) in [5.74, 6) is -2.04. The lowest BCUT2D eigenvalue weighted by molar-refractivity contribution is -0.132. The smallest absolute Gasteiger partial charge is 0.301 e. The van der Waals surface area contributed by atoms with Crippen molar-refractivity contribution in [2.24, 2.45) is 0 Å². The molecule has 1 N–H and O–H groups in total. The van der Waals surface area contributed by atoms with Gasteiger partial charge in [-0.05, 0) is 31.2 Å². The Labute approximate surface area is 185 Å². The van der Waals surface area contributed by atoms with E-state index < -0.39 is 29.3 Å². The molecule has 1 saturated heterocycles. The number of benzene rings is 2. The third kappa shape index (κ3) is 3.19. The largest absolute Gasteiger partial charge is 0.507 e. The minimum absolute atomic E-state index is 0.0543. The van der Waals surface area contributed by atoms with Gasteiger partial charge in [0.1, 0.15) is 35.8 Å². The number of fused-ring (bicyclic) bond motifs is 1. The number of halogens is 1. The molecule has 0 radical (unpaired) electrons. The minimum Gasteiger partial charge on any atom is -0.507 e. The first-order valence-corrected chi connectivity index (χ1v) is 10.5. The Morgan fingerprint density at radius 2 is 1.88 bits per heavy atom. The zero-order chi connectivity index (χ0) is 22.4. The third-order valence-corrected chi connectivity index (χ3v) is 6.02.